The van der Waals surface area contributed by atoms with Crippen LogP contribution in [0.25, 0.3) is 17.4 Å². The normalized spacial score (nSPS) is 11.0. The summed E-state index contributed by atoms with van der Waals surface area (Å²) < 4.78 is 5.70. The third-order valence-corrected chi connectivity index (χ3v) is 4.03. The molecule has 8 nitrogen and oxygen atoms in total. The Morgan fingerprint density at radius 3 is 2.31 bits per heavy atom. The summed E-state index contributed by atoms with van der Waals surface area (Å²) in [6, 6.07) is 17.7. The summed E-state index contributed by atoms with van der Waals surface area (Å²) in [5.41, 5.74) is 1.05. The van der Waals surface area contributed by atoms with Crippen molar-refractivity contribution in [3.63, 3.8) is 0 Å². The molecule has 0 bridgehead atoms. The first kappa shape index (κ1) is 19.6. The Morgan fingerprint density at radius 2 is 1.69 bits per heavy atom. The van der Waals surface area contributed by atoms with Crippen molar-refractivity contribution in [3.8, 4) is 11.3 Å². The van der Waals surface area contributed by atoms with E-state index in [0.29, 0.717) is 22.6 Å². The van der Waals surface area contributed by atoms with Crippen LogP contribution in [0.15, 0.2) is 76.8 Å². The average molecular weight is 391 g/mol. The first-order chi connectivity index (χ1) is 14.0. The molecule has 3 rings (SSSR count). The number of nitro benzene ring substituents is 1. The van der Waals surface area contributed by atoms with Crippen molar-refractivity contribution in [3.05, 3.63) is 93.9 Å². The van der Waals surface area contributed by atoms with E-state index in [-0.39, 0.29) is 11.4 Å². The van der Waals surface area contributed by atoms with Crippen LogP contribution in [-0.4, -0.2) is 23.8 Å². The summed E-state index contributed by atoms with van der Waals surface area (Å²) in [7, 11) is 1.45. The second-order valence-corrected chi connectivity index (χ2v) is 5.96. The first-order valence-electron chi connectivity index (χ1n) is 8.63. The Hall–Kier alpha value is -4.20. The molecule has 0 radical (unpaired) electrons. The fraction of sp³-hybridized carbons (Fsp3) is 0.0476. The molecule has 0 saturated heterocycles. The van der Waals surface area contributed by atoms with Crippen molar-refractivity contribution in [2.75, 3.05) is 7.05 Å². The minimum Gasteiger partial charge on any atom is -0.457 e. The molecule has 0 spiro atoms. The summed E-state index contributed by atoms with van der Waals surface area (Å²) in [4.78, 5) is 34.8. The Kier molecular flexibility index (Phi) is 5.84. The molecule has 0 aliphatic rings. The van der Waals surface area contributed by atoms with Gasteiger partial charge in [0.05, 0.1) is 4.92 Å². The number of nitrogens with one attached hydrogen (secondary N) is 2. The van der Waals surface area contributed by atoms with Crippen molar-refractivity contribution in [2.24, 2.45) is 0 Å². The van der Waals surface area contributed by atoms with Crippen LogP contribution in [0.2, 0.25) is 0 Å². The van der Waals surface area contributed by atoms with E-state index in [2.05, 4.69) is 10.6 Å². The maximum absolute atomic E-state index is 12.4. The maximum atomic E-state index is 12.4. The smallest absolute Gasteiger partial charge is 0.269 e. The number of hydrogen-bond acceptors (Lipinski definition) is 5. The highest BCUT2D eigenvalue weighted by Gasteiger charge is 2.15. The Labute approximate surface area is 166 Å². The van der Waals surface area contributed by atoms with Crippen molar-refractivity contribution in [1.29, 1.82) is 0 Å². The van der Waals surface area contributed by atoms with E-state index in [1.165, 1.54) is 25.3 Å². The average Bonchev–Trinajstić information content (AvgIpc) is 3.22. The van der Waals surface area contributed by atoms with E-state index in [0.717, 1.165) is 0 Å². The molecule has 0 unspecified atom stereocenters. The van der Waals surface area contributed by atoms with Gasteiger partial charge in [0.1, 0.15) is 17.2 Å². The molecule has 8 heteroatoms. The zero-order valence-corrected chi connectivity index (χ0v) is 15.4. The lowest BCUT2D eigenvalue weighted by molar-refractivity contribution is -0.384. The van der Waals surface area contributed by atoms with Gasteiger partial charge in [0.2, 0.25) is 0 Å². The zero-order chi connectivity index (χ0) is 20.8. The third-order valence-electron chi connectivity index (χ3n) is 4.03. The van der Waals surface area contributed by atoms with Crippen LogP contribution in [0.1, 0.15) is 16.1 Å². The fourth-order valence-corrected chi connectivity index (χ4v) is 2.55. The standard InChI is InChI=1S/C21H17N3O5/c1-22-21(26)18(23-20(25)15-5-3-2-4-6-15)13-17-11-12-19(29-17)14-7-9-16(10-8-14)24(27)28/h2-13H,1H3,(H,22,26)(H,23,25)/b18-13+. The number of carbonyl (C=O) groups is 2. The highest BCUT2D eigenvalue weighted by atomic mass is 16.6. The van der Waals surface area contributed by atoms with Crippen LogP contribution in [0.4, 0.5) is 5.69 Å². The van der Waals surface area contributed by atoms with Gasteiger partial charge in [0.25, 0.3) is 17.5 Å². The second kappa shape index (κ2) is 8.66. The van der Waals surface area contributed by atoms with Gasteiger partial charge in [0, 0.05) is 36.4 Å². The topological polar surface area (TPSA) is 114 Å². The molecular weight excluding hydrogens is 374 g/mol. The summed E-state index contributed by atoms with van der Waals surface area (Å²) in [6.07, 6.45) is 1.41. The molecule has 1 aromatic heterocycles. The van der Waals surface area contributed by atoms with Crippen LogP contribution in [-0.2, 0) is 4.79 Å². The third kappa shape index (κ3) is 4.75. The van der Waals surface area contributed by atoms with Crippen molar-refractivity contribution in [1.82, 2.24) is 10.6 Å². The predicted octanol–water partition coefficient (Wildman–Crippen LogP) is 3.37. The fourth-order valence-electron chi connectivity index (χ4n) is 2.55. The number of furan rings is 1. The number of rotatable bonds is 6. The van der Waals surface area contributed by atoms with Gasteiger partial charge in [-0.15, -0.1) is 0 Å². The van der Waals surface area contributed by atoms with Crippen LogP contribution in [0.3, 0.4) is 0 Å². The summed E-state index contributed by atoms with van der Waals surface area (Å²) in [6.45, 7) is 0. The van der Waals surface area contributed by atoms with Crippen molar-refractivity contribution >= 4 is 23.6 Å². The molecule has 0 aliphatic heterocycles. The molecule has 0 atom stereocenters. The number of benzene rings is 2. The number of nitro groups is 1. The molecule has 2 amide bonds. The van der Waals surface area contributed by atoms with Gasteiger partial charge < -0.3 is 15.1 Å². The molecule has 1 heterocycles. The first-order valence-corrected chi connectivity index (χ1v) is 8.63. The van der Waals surface area contributed by atoms with E-state index in [4.69, 9.17) is 4.42 Å². The van der Waals surface area contributed by atoms with Gasteiger partial charge in [-0.2, -0.15) is 0 Å². The largest absolute Gasteiger partial charge is 0.457 e. The van der Waals surface area contributed by atoms with E-state index in [1.807, 2.05) is 0 Å². The number of carbonyl (C=O) groups excluding carboxylic acids is 2. The monoisotopic (exact) mass is 391 g/mol. The Balaban J connectivity index is 1.84. The minimum absolute atomic E-state index is 0.0194. The van der Waals surface area contributed by atoms with Gasteiger partial charge >= 0.3 is 0 Å². The van der Waals surface area contributed by atoms with Crippen LogP contribution < -0.4 is 10.6 Å². The van der Waals surface area contributed by atoms with Crippen LogP contribution in [0.5, 0.6) is 0 Å². The molecule has 29 heavy (non-hydrogen) atoms. The number of hydrogen-bond donors (Lipinski definition) is 2. The molecule has 0 fully saturated rings. The molecule has 0 aliphatic carbocycles. The van der Waals surface area contributed by atoms with E-state index < -0.39 is 16.7 Å². The number of non-ortho nitro benzene ring substituents is 1. The van der Waals surface area contributed by atoms with Crippen molar-refractivity contribution in [2.45, 2.75) is 0 Å². The number of amides is 2. The highest BCUT2D eigenvalue weighted by Crippen LogP contribution is 2.25. The van der Waals surface area contributed by atoms with Gasteiger partial charge in [-0.3, -0.25) is 19.7 Å². The highest BCUT2D eigenvalue weighted by molar-refractivity contribution is 6.05. The van der Waals surface area contributed by atoms with Crippen LogP contribution in [0, 0.1) is 10.1 Å². The predicted molar refractivity (Wildman–Crippen MR) is 107 cm³/mol. The lowest BCUT2D eigenvalue weighted by Crippen LogP contribution is -2.33. The number of likely N-dealkylation sites (N-methyl/N-ethyl adjacent to an activating group) is 1. The quantitative estimate of drug-likeness (QED) is 0.380. The summed E-state index contributed by atoms with van der Waals surface area (Å²) in [5.74, 6) is -0.104. The molecule has 0 saturated carbocycles. The molecule has 3 aromatic rings. The zero-order valence-electron chi connectivity index (χ0n) is 15.4. The molecular formula is C21H17N3O5. The van der Waals surface area contributed by atoms with E-state index in [1.54, 1.807) is 54.6 Å². The Bertz CT molecular complexity index is 1070. The maximum Gasteiger partial charge on any atom is 0.269 e. The molecule has 2 N–H and O–H groups in total. The van der Waals surface area contributed by atoms with Crippen LogP contribution >= 0.6 is 0 Å². The lowest BCUT2D eigenvalue weighted by Gasteiger charge is -2.08. The summed E-state index contributed by atoms with van der Waals surface area (Å²) >= 11 is 0. The summed E-state index contributed by atoms with van der Waals surface area (Å²) in [5, 5.41) is 15.8. The second-order valence-electron chi connectivity index (χ2n) is 5.96. The van der Waals surface area contributed by atoms with E-state index >= 15 is 0 Å². The van der Waals surface area contributed by atoms with Gasteiger partial charge in [-0.05, 0) is 36.4 Å². The SMILES string of the molecule is CNC(=O)/C(=C\c1ccc(-c2ccc([N+](=O)[O-])cc2)o1)NC(=O)c1ccccc1. The Morgan fingerprint density at radius 1 is 1.00 bits per heavy atom. The minimum atomic E-state index is -0.484. The number of nitrogens with zero attached hydrogens (tertiary/aromatic N) is 1. The van der Waals surface area contributed by atoms with Gasteiger partial charge in [-0.25, -0.2) is 0 Å². The van der Waals surface area contributed by atoms with Gasteiger partial charge in [0.15, 0.2) is 0 Å². The lowest BCUT2D eigenvalue weighted by atomic mass is 10.1. The van der Waals surface area contributed by atoms with Gasteiger partial charge in [-0.1, -0.05) is 18.2 Å². The molecule has 2 aromatic carbocycles. The van der Waals surface area contributed by atoms with Crippen molar-refractivity contribution < 1.29 is 18.9 Å². The molecule has 146 valence electrons. The van der Waals surface area contributed by atoms with E-state index in [9.17, 15) is 19.7 Å².